The highest BCUT2D eigenvalue weighted by Crippen LogP contribution is 2.22. The molecule has 0 aromatic rings. The van der Waals surface area contributed by atoms with E-state index in [-0.39, 0.29) is 0 Å². The minimum atomic E-state index is 0.331. The van der Waals surface area contributed by atoms with Gasteiger partial charge in [0.15, 0.2) is 0 Å². The van der Waals surface area contributed by atoms with Crippen molar-refractivity contribution in [2.24, 2.45) is 5.73 Å². The van der Waals surface area contributed by atoms with E-state index in [2.05, 4.69) is 11.5 Å². The fourth-order valence-electron chi connectivity index (χ4n) is 2.45. The first-order valence-corrected chi connectivity index (χ1v) is 5.59. The number of carbonyl (C=O) groups is 1. The van der Waals surface area contributed by atoms with Crippen LogP contribution >= 0.6 is 0 Å². The standard InChI is InChI=1S/C11H19N3O/c1-9(6-12)7-13-4-5-14-10(8-13)2-3-11(14)15/h10H,1-8,12H2. The second kappa shape index (κ2) is 4.33. The molecule has 2 saturated heterocycles. The highest BCUT2D eigenvalue weighted by atomic mass is 16.2. The molecule has 1 unspecified atom stereocenters. The maximum atomic E-state index is 11.5. The summed E-state index contributed by atoms with van der Waals surface area (Å²) in [6.45, 7) is 8.19. The quantitative estimate of drug-likeness (QED) is 0.655. The summed E-state index contributed by atoms with van der Waals surface area (Å²) >= 11 is 0. The van der Waals surface area contributed by atoms with Gasteiger partial charge in [0, 0.05) is 45.2 Å². The van der Waals surface area contributed by atoms with Crippen molar-refractivity contribution >= 4 is 5.91 Å². The molecule has 2 rings (SSSR count). The predicted molar refractivity (Wildman–Crippen MR) is 59.4 cm³/mol. The van der Waals surface area contributed by atoms with Crippen molar-refractivity contribution in [1.82, 2.24) is 9.80 Å². The van der Waals surface area contributed by atoms with Gasteiger partial charge in [-0.25, -0.2) is 0 Å². The Hall–Kier alpha value is -0.870. The van der Waals surface area contributed by atoms with Gasteiger partial charge in [0.05, 0.1) is 0 Å². The molecule has 0 aliphatic carbocycles. The summed E-state index contributed by atoms with van der Waals surface area (Å²) in [5.41, 5.74) is 6.60. The SMILES string of the molecule is C=C(CN)CN1CCN2C(=O)CCC2C1. The van der Waals surface area contributed by atoms with Crippen LogP contribution in [0.15, 0.2) is 12.2 Å². The number of piperazine rings is 1. The zero-order valence-electron chi connectivity index (χ0n) is 9.11. The number of nitrogens with zero attached hydrogens (tertiary/aromatic N) is 2. The number of hydrogen-bond donors (Lipinski definition) is 1. The number of fused-ring (bicyclic) bond motifs is 1. The smallest absolute Gasteiger partial charge is 0.222 e. The van der Waals surface area contributed by atoms with Gasteiger partial charge in [-0.3, -0.25) is 9.69 Å². The summed E-state index contributed by atoms with van der Waals surface area (Å²) in [6.07, 6.45) is 1.75. The summed E-state index contributed by atoms with van der Waals surface area (Å²) in [5.74, 6) is 0.331. The van der Waals surface area contributed by atoms with E-state index in [1.165, 1.54) is 0 Å². The van der Waals surface area contributed by atoms with Gasteiger partial charge < -0.3 is 10.6 Å². The van der Waals surface area contributed by atoms with Crippen LogP contribution in [0.25, 0.3) is 0 Å². The highest BCUT2D eigenvalue weighted by Gasteiger charge is 2.35. The predicted octanol–water partition coefficient (Wildman–Crippen LogP) is -0.192. The van der Waals surface area contributed by atoms with E-state index < -0.39 is 0 Å². The third kappa shape index (κ3) is 2.21. The van der Waals surface area contributed by atoms with Crippen LogP contribution < -0.4 is 5.73 Å². The van der Waals surface area contributed by atoms with Gasteiger partial charge in [-0.1, -0.05) is 6.58 Å². The zero-order valence-corrected chi connectivity index (χ0v) is 9.11. The minimum absolute atomic E-state index is 0.331. The molecule has 1 amide bonds. The molecule has 0 spiro atoms. The van der Waals surface area contributed by atoms with E-state index in [1.807, 2.05) is 4.90 Å². The van der Waals surface area contributed by atoms with E-state index >= 15 is 0 Å². The molecule has 0 bridgehead atoms. The Bertz CT molecular complexity index is 277. The van der Waals surface area contributed by atoms with Crippen molar-refractivity contribution in [2.45, 2.75) is 18.9 Å². The third-order valence-electron chi connectivity index (χ3n) is 3.31. The Balaban J connectivity index is 1.88. The molecule has 0 radical (unpaired) electrons. The van der Waals surface area contributed by atoms with Crippen molar-refractivity contribution in [3.8, 4) is 0 Å². The summed E-state index contributed by atoms with van der Waals surface area (Å²) in [7, 11) is 0. The first-order chi connectivity index (χ1) is 7.20. The molecule has 2 N–H and O–H groups in total. The van der Waals surface area contributed by atoms with Crippen molar-refractivity contribution in [1.29, 1.82) is 0 Å². The minimum Gasteiger partial charge on any atom is -0.337 e. The lowest BCUT2D eigenvalue weighted by atomic mass is 10.1. The molecule has 0 aromatic heterocycles. The summed E-state index contributed by atoms with van der Waals surface area (Å²) in [6, 6.07) is 0.442. The summed E-state index contributed by atoms with van der Waals surface area (Å²) in [4.78, 5) is 15.8. The number of hydrogen-bond acceptors (Lipinski definition) is 3. The van der Waals surface area contributed by atoms with Gasteiger partial charge in [0.25, 0.3) is 0 Å². The van der Waals surface area contributed by atoms with Crippen LogP contribution in [0.2, 0.25) is 0 Å². The Labute approximate surface area is 90.7 Å². The average Bonchev–Trinajstić information content (AvgIpc) is 2.60. The largest absolute Gasteiger partial charge is 0.337 e. The van der Waals surface area contributed by atoms with Crippen LogP contribution in [0.3, 0.4) is 0 Å². The fourth-order valence-corrected chi connectivity index (χ4v) is 2.45. The lowest BCUT2D eigenvalue weighted by molar-refractivity contribution is -0.130. The molecular weight excluding hydrogens is 190 g/mol. The van der Waals surface area contributed by atoms with Crippen LogP contribution in [0.1, 0.15) is 12.8 Å². The molecule has 2 heterocycles. The van der Waals surface area contributed by atoms with Crippen LogP contribution in [-0.2, 0) is 4.79 Å². The lowest BCUT2D eigenvalue weighted by Gasteiger charge is -2.37. The molecular formula is C11H19N3O. The Morgan fingerprint density at radius 2 is 2.33 bits per heavy atom. The Kier molecular flexibility index (Phi) is 3.07. The van der Waals surface area contributed by atoms with Gasteiger partial charge in [0.2, 0.25) is 5.91 Å². The second-order valence-corrected chi connectivity index (χ2v) is 4.47. The second-order valence-electron chi connectivity index (χ2n) is 4.47. The molecule has 0 aromatic carbocycles. The van der Waals surface area contributed by atoms with Gasteiger partial charge in [-0.2, -0.15) is 0 Å². The summed E-state index contributed by atoms with van der Waals surface area (Å²) in [5, 5.41) is 0. The zero-order chi connectivity index (χ0) is 10.8. The third-order valence-corrected chi connectivity index (χ3v) is 3.31. The molecule has 4 nitrogen and oxygen atoms in total. The molecule has 2 aliphatic heterocycles. The van der Waals surface area contributed by atoms with E-state index in [0.29, 0.717) is 18.5 Å². The van der Waals surface area contributed by atoms with Gasteiger partial charge in [0.1, 0.15) is 0 Å². The Morgan fingerprint density at radius 1 is 1.53 bits per heavy atom. The number of carbonyl (C=O) groups excluding carboxylic acids is 1. The number of nitrogens with two attached hydrogens (primary N) is 1. The number of rotatable bonds is 3. The molecule has 84 valence electrons. The van der Waals surface area contributed by atoms with Crippen LogP contribution in [-0.4, -0.2) is 54.5 Å². The molecule has 4 heteroatoms. The van der Waals surface area contributed by atoms with Gasteiger partial charge in [-0.05, 0) is 12.0 Å². The normalized spacial score (nSPS) is 26.9. The topological polar surface area (TPSA) is 49.6 Å². The maximum absolute atomic E-state index is 11.5. The van der Waals surface area contributed by atoms with E-state index in [1.54, 1.807) is 0 Å². The Morgan fingerprint density at radius 3 is 3.07 bits per heavy atom. The van der Waals surface area contributed by atoms with Gasteiger partial charge in [-0.15, -0.1) is 0 Å². The van der Waals surface area contributed by atoms with Crippen molar-refractivity contribution in [2.75, 3.05) is 32.7 Å². The lowest BCUT2D eigenvalue weighted by Crippen LogP contribution is -2.51. The summed E-state index contributed by atoms with van der Waals surface area (Å²) < 4.78 is 0. The molecule has 2 fully saturated rings. The first-order valence-electron chi connectivity index (χ1n) is 5.59. The first kappa shape index (κ1) is 10.6. The van der Waals surface area contributed by atoms with Crippen molar-refractivity contribution < 1.29 is 4.79 Å². The molecule has 15 heavy (non-hydrogen) atoms. The number of amides is 1. The molecule has 0 saturated carbocycles. The van der Waals surface area contributed by atoms with Crippen molar-refractivity contribution in [3.63, 3.8) is 0 Å². The van der Waals surface area contributed by atoms with Gasteiger partial charge >= 0.3 is 0 Å². The van der Waals surface area contributed by atoms with E-state index in [4.69, 9.17) is 5.73 Å². The fraction of sp³-hybridized carbons (Fsp3) is 0.727. The van der Waals surface area contributed by atoms with Crippen molar-refractivity contribution in [3.05, 3.63) is 12.2 Å². The van der Waals surface area contributed by atoms with Crippen LogP contribution in [0.4, 0.5) is 0 Å². The van der Waals surface area contributed by atoms with Crippen LogP contribution in [0.5, 0.6) is 0 Å². The molecule has 1 atom stereocenters. The van der Waals surface area contributed by atoms with Crippen LogP contribution in [0, 0.1) is 0 Å². The monoisotopic (exact) mass is 209 g/mol. The van der Waals surface area contributed by atoms with E-state index in [0.717, 1.165) is 44.6 Å². The highest BCUT2D eigenvalue weighted by molar-refractivity contribution is 5.78. The van der Waals surface area contributed by atoms with E-state index in [9.17, 15) is 4.79 Å². The molecule has 2 aliphatic rings. The maximum Gasteiger partial charge on any atom is 0.222 e. The average molecular weight is 209 g/mol.